The molecule has 0 saturated carbocycles. The average molecular weight is 566 g/mol. The van der Waals surface area contributed by atoms with Crippen LogP contribution in [0.15, 0.2) is 60.8 Å². The van der Waals surface area contributed by atoms with Gasteiger partial charge in [0.2, 0.25) is 5.91 Å². The highest BCUT2D eigenvalue weighted by Gasteiger charge is 2.24. The molecule has 2 aromatic heterocycles. The van der Waals surface area contributed by atoms with Crippen LogP contribution in [0.25, 0.3) is 33.4 Å². The molecule has 2 N–H and O–H groups in total. The summed E-state index contributed by atoms with van der Waals surface area (Å²) in [6.07, 6.45) is 2.89. The molecule has 0 atom stereocenters. The highest BCUT2D eigenvalue weighted by molar-refractivity contribution is 5.97. The molecule has 2 aliphatic heterocycles. The predicted molar refractivity (Wildman–Crippen MR) is 156 cm³/mol. The first-order valence-electron chi connectivity index (χ1n) is 14.1. The summed E-state index contributed by atoms with van der Waals surface area (Å²) in [5, 5.41) is 19.9. The number of likely N-dealkylation sites (tertiary alicyclic amines) is 1. The number of nitriles is 1. The summed E-state index contributed by atoms with van der Waals surface area (Å²) < 4.78 is 11.5. The number of aliphatic hydroxyl groups is 1. The molecule has 0 unspecified atom stereocenters. The molecule has 4 heterocycles. The Morgan fingerprint density at radius 1 is 1.00 bits per heavy atom. The maximum atomic E-state index is 12.8. The lowest BCUT2D eigenvalue weighted by Crippen LogP contribution is -2.42. The Hall–Kier alpha value is -4.72. The van der Waals surface area contributed by atoms with E-state index >= 15 is 0 Å². The predicted octanol–water partition coefficient (Wildman–Crippen LogP) is 3.60. The van der Waals surface area contributed by atoms with Gasteiger partial charge in [-0.15, -0.1) is 0 Å². The minimum atomic E-state index is -0.488. The summed E-state index contributed by atoms with van der Waals surface area (Å²) in [6, 6.07) is 19.3. The first-order chi connectivity index (χ1) is 20.5. The molecule has 2 aromatic carbocycles. The molecule has 0 spiro atoms. The van der Waals surface area contributed by atoms with Gasteiger partial charge in [-0.2, -0.15) is 5.26 Å². The van der Waals surface area contributed by atoms with Crippen LogP contribution < -0.4 is 4.74 Å². The standard InChI is InChI=1S/C32H31N5O5/c33-19-24-17-23(5-6-29(24)42-25-8-11-36(12-9-25)30(39)20-38)31-26-18-28(35-27(26)7-10-34-31)21-1-3-22(4-2-21)32(40)37-13-15-41-16-14-37/h1-7,10,17-18,25,35,38H,8-9,11-16,20H2. The van der Waals surface area contributed by atoms with Gasteiger partial charge in [-0.25, -0.2) is 0 Å². The van der Waals surface area contributed by atoms with E-state index in [2.05, 4.69) is 16.0 Å². The van der Waals surface area contributed by atoms with Gasteiger partial charge >= 0.3 is 0 Å². The lowest BCUT2D eigenvalue weighted by molar-refractivity contribution is -0.135. The van der Waals surface area contributed by atoms with Crippen molar-refractivity contribution in [3.05, 3.63) is 71.9 Å². The molecule has 214 valence electrons. The van der Waals surface area contributed by atoms with Crippen LogP contribution in [0.4, 0.5) is 0 Å². The Bertz CT molecular complexity index is 1640. The summed E-state index contributed by atoms with van der Waals surface area (Å²) in [7, 11) is 0. The average Bonchev–Trinajstić information content (AvgIpc) is 3.50. The van der Waals surface area contributed by atoms with Crippen LogP contribution in [0.1, 0.15) is 28.8 Å². The van der Waals surface area contributed by atoms with Crippen LogP contribution in [-0.2, 0) is 9.53 Å². The molecule has 2 fully saturated rings. The van der Waals surface area contributed by atoms with Gasteiger partial charge in [0.15, 0.2) is 0 Å². The number of piperidine rings is 1. The van der Waals surface area contributed by atoms with Gasteiger partial charge < -0.3 is 29.4 Å². The molecule has 6 rings (SSSR count). The van der Waals surface area contributed by atoms with E-state index in [-0.39, 0.29) is 17.9 Å². The van der Waals surface area contributed by atoms with Crippen LogP contribution in [0, 0.1) is 11.3 Å². The number of pyridine rings is 1. The zero-order chi connectivity index (χ0) is 29.1. The van der Waals surface area contributed by atoms with E-state index in [0.29, 0.717) is 69.1 Å². The van der Waals surface area contributed by atoms with Gasteiger partial charge in [0.1, 0.15) is 24.5 Å². The monoisotopic (exact) mass is 565 g/mol. The van der Waals surface area contributed by atoms with Crippen molar-refractivity contribution in [3.63, 3.8) is 0 Å². The van der Waals surface area contributed by atoms with Crippen molar-refractivity contribution in [2.75, 3.05) is 46.0 Å². The lowest BCUT2D eigenvalue weighted by atomic mass is 10.0. The normalized spacial score (nSPS) is 15.9. The largest absolute Gasteiger partial charge is 0.489 e. The third kappa shape index (κ3) is 5.57. The smallest absolute Gasteiger partial charge is 0.254 e. The Kier molecular flexibility index (Phi) is 7.86. The summed E-state index contributed by atoms with van der Waals surface area (Å²) in [5.41, 5.74) is 5.36. The number of nitrogens with zero attached hydrogens (tertiary/aromatic N) is 4. The molecule has 42 heavy (non-hydrogen) atoms. The van der Waals surface area contributed by atoms with E-state index in [1.54, 1.807) is 23.2 Å². The fourth-order valence-electron chi connectivity index (χ4n) is 5.55. The molecule has 2 saturated heterocycles. The Balaban J connectivity index is 1.21. The highest BCUT2D eigenvalue weighted by atomic mass is 16.5. The lowest BCUT2D eigenvalue weighted by Gasteiger charge is -2.32. The minimum absolute atomic E-state index is 0.0102. The molecule has 10 nitrogen and oxygen atoms in total. The number of amides is 2. The third-order valence-corrected chi connectivity index (χ3v) is 7.89. The highest BCUT2D eigenvalue weighted by Crippen LogP contribution is 2.34. The Morgan fingerprint density at radius 3 is 2.45 bits per heavy atom. The number of nitrogens with one attached hydrogen (secondary N) is 1. The van der Waals surface area contributed by atoms with Crippen molar-refractivity contribution in [3.8, 4) is 34.3 Å². The summed E-state index contributed by atoms with van der Waals surface area (Å²) in [4.78, 5) is 36.1. The Labute approximate surface area is 243 Å². The molecule has 0 bridgehead atoms. The van der Waals surface area contributed by atoms with Gasteiger partial charge in [-0.1, -0.05) is 12.1 Å². The molecule has 0 aliphatic carbocycles. The summed E-state index contributed by atoms with van der Waals surface area (Å²) in [5.74, 6) is 0.235. The number of hydrogen-bond donors (Lipinski definition) is 2. The zero-order valence-corrected chi connectivity index (χ0v) is 23.1. The van der Waals surface area contributed by atoms with Gasteiger partial charge in [0.05, 0.1) is 24.5 Å². The van der Waals surface area contributed by atoms with Gasteiger partial charge in [-0.05, 0) is 48.0 Å². The summed E-state index contributed by atoms with van der Waals surface area (Å²) in [6.45, 7) is 2.87. The second kappa shape index (κ2) is 12.0. The van der Waals surface area contributed by atoms with Gasteiger partial charge in [0.25, 0.3) is 5.91 Å². The number of carbonyl (C=O) groups is 2. The van der Waals surface area contributed by atoms with E-state index in [9.17, 15) is 14.9 Å². The van der Waals surface area contributed by atoms with E-state index in [1.807, 2.05) is 47.4 Å². The van der Waals surface area contributed by atoms with Gasteiger partial charge in [0, 0.05) is 72.9 Å². The topological polar surface area (TPSA) is 132 Å². The molecular weight excluding hydrogens is 534 g/mol. The minimum Gasteiger partial charge on any atom is -0.489 e. The first kappa shape index (κ1) is 27.4. The second-order valence-corrected chi connectivity index (χ2v) is 10.5. The number of ether oxygens (including phenoxy) is 2. The van der Waals surface area contributed by atoms with Gasteiger partial charge in [-0.3, -0.25) is 14.6 Å². The maximum absolute atomic E-state index is 12.8. The fourth-order valence-corrected chi connectivity index (χ4v) is 5.55. The van der Waals surface area contributed by atoms with Crippen molar-refractivity contribution in [1.82, 2.24) is 19.8 Å². The fraction of sp³-hybridized carbons (Fsp3) is 0.312. The zero-order valence-electron chi connectivity index (χ0n) is 23.1. The van der Waals surface area contributed by atoms with Crippen LogP contribution in [0.5, 0.6) is 5.75 Å². The quantitative estimate of drug-likeness (QED) is 0.365. The van der Waals surface area contributed by atoms with Crippen molar-refractivity contribution < 1.29 is 24.2 Å². The Morgan fingerprint density at radius 2 is 1.74 bits per heavy atom. The van der Waals surface area contributed by atoms with E-state index < -0.39 is 6.61 Å². The molecule has 0 radical (unpaired) electrons. The van der Waals surface area contributed by atoms with Crippen LogP contribution in [-0.4, -0.2) is 88.8 Å². The van der Waals surface area contributed by atoms with Crippen molar-refractivity contribution in [1.29, 1.82) is 5.26 Å². The number of aliphatic hydroxyl groups excluding tert-OH is 1. The summed E-state index contributed by atoms with van der Waals surface area (Å²) >= 11 is 0. The van der Waals surface area contributed by atoms with E-state index in [1.165, 1.54) is 0 Å². The van der Waals surface area contributed by atoms with Crippen LogP contribution in [0.3, 0.4) is 0 Å². The number of carbonyl (C=O) groups excluding carboxylic acids is 2. The van der Waals surface area contributed by atoms with Crippen LogP contribution >= 0.6 is 0 Å². The number of rotatable bonds is 6. The molecule has 2 amide bonds. The molecule has 4 aromatic rings. The number of hydrogen-bond acceptors (Lipinski definition) is 7. The van der Waals surface area contributed by atoms with E-state index in [4.69, 9.17) is 14.6 Å². The molecular formula is C32H31N5O5. The number of aromatic amines is 1. The number of morpholine rings is 1. The third-order valence-electron chi connectivity index (χ3n) is 7.89. The van der Waals surface area contributed by atoms with E-state index in [0.717, 1.165) is 33.4 Å². The number of H-pyrrole nitrogens is 1. The SMILES string of the molecule is N#Cc1cc(-c2nccc3[nH]c(-c4ccc(C(=O)N5CCOCC5)cc4)cc23)ccc1OC1CCN(C(=O)CO)CC1. The molecule has 10 heteroatoms. The van der Waals surface area contributed by atoms with Crippen molar-refractivity contribution >= 4 is 22.7 Å². The first-order valence-corrected chi connectivity index (χ1v) is 14.1. The number of benzene rings is 2. The number of fused-ring (bicyclic) bond motifs is 1. The molecule has 2 aliphatic rings. The van der Waals surface area contributed by atoms with Crippen molar-refractivity contribution in [2.45, 2.75) is 18.9 Å². The number of aromatic nitrogens is 2. The second-order valence-electron chi connectivity index (χ2n) is 10.5. The van der Waals surface area contributed by atoms with Crippen LogP contribution in [0.2, 0.25) is 0 Å². The maximum Gasteiger partial charge on any atom is 0.254 e. The van der Waals surface area contributed by atoms with Crippen molar-refractivity contribution in [2.24, 2.45) is 0 Å².